The molecule has 0 aliphatic carbocycles. The fourth-order valence-electron chi connectivity index (χ4n) is 1.45. The van der Waals surface area contributed by atoms with Crippen LogP contribution < -0.4 is 5.73 Å². The summed E-state index contributed by atoms with van der Waals surface area (Å²) in [7, 11) is 0. The van der Waals surface area contributed by atoms with E-state index in [1.54, 1.807) is 6.92 Å². The van der Waals surface area contributed by atoms with Gasteiger partial charge in [-0.05, 0) is 24.1 Å². The van der Waals surface area contributed by atoms with Crippen LogP contribution in [-0.2, 0) is 11.8 Å². The lowest BCUT2D eigenvalue weighted by Gasteiger charge is -2.26. The second-order valence-electron chi connectivity index (χ2n) is 3.67. The van der Waals surface area contributed by atoms with Gasteiger partial charge in [0, 0.05) is 6.54 Å². The zero-order chi connectivity index (χ0) is 12.4. The first kappa shape index (κ1) is 13.0. The fraction of sp³-hybridized carbons (Fsp3) is 0.455. The van der Waals surface area contributed by atoms with Gasteiger partial charge in [-0.3, -0.25) is 0 Å². The van der Waals surface area contributed by atoms with Crippen molar-refractivity contribution in [1.82, 2.24) is 0 Å². The van der Waals surface area contributed by atoms with Crippen molar-refractivity contribution in [2.24, 2.45) is 5.73 Å². The molecule has 3 N–H and O–H groups in total. The first-order valence-electron chi connectivity index (χ1n) is 4.93. The van der Waals surface area contributed by atoms with Crippen molar-refractivity contribution in [2.45, 2.75) is 25.1 Å². The molecule has 2 nitrogen and oxygen atoms in total. The number of rotatable bonds is 3. The first-order valence-corrected chi connectivity index (χ1v) is 4.93. The van der Waals surface area contributed by atoms with Gasteiger partial charge in [0.2, 0.25) is 0 Å². The molecule has 0 fully saturated rings. The lowest BCUT2D eigenvalue weighted by molar-refractivity contribution is -0.137. The van der Waals surface area contributed by atoms with Gasteiger partial charge in [0.05, 0.1) is 5.56 Å². The summed E-state index contributed by atoms with van der Waals surface area (Å²) in [4.78, 5) is 0. The van der Waals surface area contributed by atoms with Gasteiger partial charge in [0.25, 0.3) is 0 Å². The van der Waals surface area contributed by atoms with Crippen LogP contribution in [0.5, 0.6) is 0 Å². The lowest BCUT2D eigenvalue weighted by Crippen LogP contribution is -2.34. The molecule has 0 bridgehead atoms. The van der Waals surface area contributed by atoms with Crippen molar-refractivity contribution in [2.75, 3.05) is 6.54 Å². The number of hydrogen-bond acceptors (Lipinski definition) is 2. The van der Waals surface area contributed by atoms with Crippen LogP contribution in [0.2, 0.25) is 0 Å². The predicted octanol–water partition coefficient (Wildman–Crippen LogP) is 2.26. The number of halogens is 3. The highest BCUT2D eigenvalue weighted by Gasteiger charge is 2.33. The Labute approximate surface area is 91.9 Å². The number of nitrogens with two attached hydrogens (primary N) is 1. The van der Waals surface area contributed by atoms with Crippen molar-refractivity contribution < 1.29 is 18.3 Å². The van der Waals surface area contributed by atoms with E-state index in [0.717, 1.165) is 12.1 Å². The van der Waals surface area contributed by atoms with E-state index in [4.69, 9.17) is 5.73 Å². The first-order chi connectivity index (χ1) is 7.33. The molecule has 5 heteroatoms. The van der Waals surface area contributed by atoms with Gasteiger partial charge in [-0.15, -0.1) is 0 Å². The minimum absolute atomic E-state index is 0.106. The number of benzene rings is 1. The Morgan fingerprint density at radius 1 is 1.25 bits per heavy atom. The number of alkyl halides is 3. The molecule has 0 heterocycles. The molecule has 0 aliphatic rings. The molecular formula is C11H14F3NO. The van der Waals surface area contributed by atoms with Crippen LogP contribution >= 0.6 is 0 Å². The molecule has 1 aromatic carbocycles. The predicted molar refractivity (Wildman–Crippen MR) is 54.7 cm³/mol. The highest BCUT2D eigenvalue weighted by molar-refractivity contribution is 5.30. The topological polar surface area (TPSA) is 46.2 Å². The molecule has 0 aromatic heterocycles. The molecule has 0 radical (unpaired) electrons. The Bertz CT molecular complexity index is 358. The van der Waals surface area contributed by atoms with Gasteiger partial charge in [-0.2, -0.15) is 13.2 Å². The molecule has 0 saturated carbocycles. The third kappa shape index (κ3) is 2.54. The van der Waals surface area contributed by atoms with Crippen LogP contribution in [-0.4, -0.2) is 11.7 Å². The smallest absolute Gasteiger partial charge is 0.384 e. The average molecular weight is 233 g/mol. The van der Waals surface area contributed by atoms with E-state index >= 15 is 0 Å². The fourth-order valence-corrected chi connectivity index (χ4v) is 1.45. The lowest BCUT2D eigenvalue weighted by atomic mass is 9.90. The quantitative estimate of drug-likeness (QED) is 0.841. The van der Waals surface area contributed by atoms with Crippen LogP contribution in [0.25, 0.3) is 0 Å². The number of aliphatic hydroxyl groups is 1. The summed E-state index contributed by atoms with van der Waals surface area (Å²) >= 11 is 0. The Morgan fingerprint density at radius 2 is 1.81 bits per heavy atom. The van der Waals surface area contributed by atoms with Crippen molar-refractivity contribution in [1.29, 1.82) is 0 Å². The second kappa shape index (κ2) is 4.43. The maximum Gasteiger partial charge on any atom is 0.416 e. The van der Waals surface area contributed by atoms with Crippen molar-refractivity contribution in [3.8, 4) is 0 Å². The van der Waals surface area contributed by atoms with E-state index in [-0.39, 0.29) is 18.5 Å². The van der Waals surface area contributed by atoms with Gasteiger partial charge < -0.3 is 10.8 Å². The van der Waals surface area contributed by atoms with Crippen molar-refractivity contribution in [3.63, 3.8) is 0 Å². The van der Waals surface area contributed by atoms with Gasteiger partial charge in [-0.25, -0.2) is 0 Å². The van der Waals surface area contributed by atoms with E-state index in [0.29, 0.717) is 0 Å². The normalized spacial score (nSPS) is 15.9. The molecular weight excluding hydrogens is 219 g/mol. The standard InChI is InChI=1S/C11H14F3NO/c1-2-10(16,7-15)8-4-3-5-9(6-8)11(12,13)14/h3-6,16H,2,7,15H2,1H3. The van der Waals surface area contributed by atoms with E-state index in [1.165, 1.54) is 12.1 Å². The maximum absolute atomic E-state index is 12.5. The van der Waals surface area contributed by atoms with Crippen molar-refractivity contribution in [3.05, 3.63) is 35.4 Å². The number of hydrogen-bond donors (Lipinski definition) is 2. The molecule has 1 rings (SSSR count). The molecule has 1 atom stereocenters. The van der Waals surface area contributed by atoms with Gasteiger partial charge >= 0.3 is 6.18 Å². The zero-order valence-corrected chi connectivity index (χ0v) is 8.88. The summed E-state index contributed by atoms with van der Waals surface area (Å²) in [5, 5.41) is 10.00. The summed E-state index contributed by atoms with van der Waals surface area (Å²) in [6.45, 7) is 1.57. The third-order valence-electron chi connectivity index (χ3n) is 2.65. The van der Waals surface area contributed by atoms with Gasteiger partial charge in [0.15, 0.2) is 0 Å². The van der Waals surface area contributed by atoms with Crippen LogP contribution in [0.3, 0.4) is 0 Å². The minimum Gasteiger partial charge on any atom is -0.384 e. The molecule has 16 heavy (non-hydrogen) atoms. The minimum atomic E-state index is -4.40. The summed E-state index contributed by atoms with van der Waals surface area (Å²) in [5.74, 6) is 0. The molecule has 0 saturated heterocycles. The summed E-state index contributed by atoms with van der Waals surface area (Å²) < 4.78 is 37.4. The molecule has 1 aromatic rings. The third-order valence-corrected chi connectivity index (χ3v) is 2.65. The van der Waals surface area contributed by atoms with E-state index in [1.807, 2.05) is 0 Å². The van der Waals surface area contributed by atoms with Gasteiger partial charge in [0.1, 0.15) is 5.60 Å². The largest absolute Gasteiger partial charge is 0.416 e. The Balaban J connectivity index is 3.17. The monoisotopic (exact) mass is 233 g/mol. The van der Waals surface area contributed by atoms with Crippen LogP contribution in [0, 0.1) is 0 Å². The molecule has 1 unspecified atom stereocenters. The molecule has 0 aliphatic heterocycles. The van der Waals surface area contributed by atoms with Gasteiger partial charge in [-0.1, -0.05) is 19.1 Å². The van der Waals surface area contributed by atoms with Crippen LogP contribution in [0.15, 0.2) is 24.3 Å². The summed E-state index contributed by atoms with van der Waals surface area (Å²) in [6.07, 6.45) is -4.13. The Hall–Kier alpha value is -1.07. The van der Waals surface area contributed by atoms with Crippen LogP contribution in [0.1, 0.15) is 24.5 Å². The molecule has 90 valence electrons. The summed E-state index contributed by atoms with van der Waals surface area (Å²) in [5.41, 5.74) is 3.42. The highest BCUT2D eigenvalue weighted by atomic mass is 19.4. The Morgan fingerprint density at radius 3 is 2.25 bits per heavy atom. The van der Waals surface area contributed by atoms with Crippen molar-refractivity contribution >= 4 is 0 Å². The van der Waals surface area contributed by atoms with Crippen LogP contribution in [0.4, 0.5) is 13.2 Å². The maximum atomic E-state index is 12.5. The second-order valence-corrected chi connectivity index (χ2v) is 3.67. The summed E-state index contributed by atoms with van der Waals surface area (Å²) in [6, 6.07) is 4.63. The van der Waals surface area contributed by atoms with E-state index < -0.39 is 17.3 Å². The van der Waals surface area contributed by atoms with E-state index in [2.05, 4.69) is 0 Å². The Kier molecular flexibility index (Phi) is 3.60. The SMILES string of the molecule is CCC(O)(CN)c1cccc(C(F)(F)F)c1. The average Bonchev–Trinajstić information content (AvgIpc) is 2.27. The highest BCUT2D eigenvalue weighted by Crippen LogP contribution is 2.32. The molecule has 0 spiro atoms. The zero-order valence-electron chi connectivity index (χ0n) is 8.88. The molecule has 0 amide bonds. The van der Waals surface area contributed by atoms with E-state index in [9.17, 15) is 18.3 Å².